The van der Waals surface area contributed by atoms with Crippen LogP contribution in [0.4, 0.5) is 8.78 Å². The Hall–Kier alpha value is -1.02. The normalized spacial score (nSPS) is 43.9. The van der Waals surface area contributed by atoms with Gasteiger partial charge in [0, 0.05) is 0 Å². The first-order valence-corrected chi connectivity index (χ1v) is 9.79. The minimum atomic E-state index is -5.62. The summed E-state index contributed by atoms with van der Waals surface area (Å²) in [6.07, 6.45) is 4.95. The molecule has 3 saturated carbocycles. The lowest BCUT2D eigenvalue weighted by Gasteiger charge is -2.36. The lowest BCUT2D eigenvalue weighted by molar-refractivity contribution is -0.167. The second-order valence-corrected chi connectivity index (χ2v) is 9.22. The average molecular weight is 362 g/mol. The standard InChI is InChI=1S/C16H20F2O5S/c1-7(16(17,18)24(20,21)22)23-15(19)12-6-10-5-11(12)14-9-3-2-8(4-9)13(10)14/h2-3,7-14H,4-6H2,1H3,(H,20,21,22). The summed E-state index contributed by atoms with van der Waals surface area (Å²) in [5.74, 6) is 1.46. The number of ether oxygens (including phenoxy) is 1. The molecule has 4 bridgehead atoms. The highest BCUT2D eigenvalue weighted by Crippen LogP contribution is 2.67. The average Bonchev–Trinajstić information content (AvgIpc) is 3.23. The van der Waals surface area contributed by atoms with Crippen molar-refractivity contribution in [2.45, 2.75) is 37.5 Å². The molecule has 0 aromatic rings. The molecule has 0 heterocycles. The van der Waals surface area contributed by atoms with Gasteiger partial charge in [-0.3, -0.25) is 9.35 Å². The summed E-state index contributed by atoms with van der Waals surface area (Å²) in [4.78, 5) is 12.4. The van der Waals surface area contributed by atoms with Crippen molar-refractivity contribution in [3.8, 4) is 0 Å². The zero-order valence-corrected chi connectivity index (χ0v) is 14.0. The molecule has 4 rings (SSSR count). The maximum Gasteiger partial charge on any atom is 0.405 e. The summed E-state index contributed by atoms with van der Waals surface area (Å²) in [7, 11) is -5.62. The van der Waals surface area contributed by atoms with Crippen LogP contribution in [0.15, 0.2) is 12.2 Å². The molecule has 0 saturated heterocycles. The molecule has 5 nitrogen and oxygen atoms in total. The molecule has 0 aliphatic heterocycles. The van der Waals surface area contributed by atoms with Gasteiger partial charge in [0.25, 0.3) is 0 Å². The summed E-state index contributed by atoms with van der Waals surface area (Å²) >= 11 is 0. The van der Waals surface area contributed by atoms with Gasteiger partial charge < -0.3 is 4.74 Å². The van der Waals surface area contributed by atoms with Crippen LogP contribution in [-0.4, -0.2) is 30.3 Å². The molecule has 0 aromatic heterocycles. The van der Waals surface area contributed by atoms with E-state index < -0.39 is 33.4 Å². The van der Waals surface area contributed by atoms with Crippen LogP contribution in [0.1, 0.15) is 26.2 Å². The molecule has 4 aliphatic rings. The van der Waals surface area contributed by atoms with Crippen molar-refractivity contribution < 1.29 is 31.3 Å². The second-order valence-electron chi connectivity index (χ2n) is 7.72. The zero-order valence-electron chi connectivity index (χ0n) is 13.1. The molecule has 3 fully saturated rings. The predicted molar refractivity (Wildman–Crippen MR) is 79.5 cm³/mol. The van der Waals surface area contributed by atoms with E-state index in [1.165, 1.54) is 0 Å². The van der Waals surface area contributed by atoms with E-state index in [1.54, 1.807) is 0 Å². The first-order chi connectivity index (χ1) is 11.1. The molecule has 0 aromatic carbocycles. The molecule has 8 heteroatoms. The van der Waals surface area contributed by atoms with E-state index in [1.807, 2.05) is 0 Å². The molecule has 8 atom stereocenters. The number of fused-ring (bicyclic) bond motifs is 9. The van der Waals surface area contributed by atoms with Gasteiger partial charge in [-0.25, -0.2) is 0 Å². The maximum atomic E-state index is 13.6. The molecule has 8 unspecified atom stereocenters. The van der Waals surface area contributed by atoms with Crippen LogP contribution in [0.2, 0.25) is 0 Å². The number of carbonyl (C=O) groups excluding carboxylic acids is 1. The van der Waals surface area contributed by atoms with Crippen molar-refractivity contribution in [2.75, 3.05) is 0 Å². The maximum absolute atomic E-state index is 13.6. The van der Waals surface area contributed by atoms with Gasteiger partial charge in [0.05, 0.1) is 5.92 Å². The Morgan fingerprint density at radius 2 is 1.83 bits per heavy atom. The molecule has 134 valence electrons. The van der Waals surface area contributed by atoms with Gasteiger partial charge in [-0.2, -0.15) is 17.2 Å². The number of allylic oxidation sites excluding steroid dienone is 2. The van der Waals surface area contributed by atoms with E-state index in [0.717, 1.165) is 19.8 Å². The van der Waals surface area contributed by atoms with E-state index in [2.05, 4.69) is 12.2 Å². The highest BCUT2D eigenvalue weighted by molar-refractivity contribution is 7.86. The Kier molecular flexibility index (Phi) is 3.43. The smallest absolute Gasteiger partial charge is 0.405 e. The molecule has 0 spiro atoms. The van der Waals surface area contributed by atoms with Gasteiger partial charge in [0.2, 0.25) is 0 Å². The van der Waals surface area contributed by atoms with Crippen molar-refractivity contribution in [1.82, 2.24) is 0 Å². The van der Waals surface area contributed by atoms with Gasteiger partial charge >= 0.3 is 21.3 Å². The third kappa shape index (κ3) is 2.11. The van der Waals surface area contributed by atoms with Crippen molar-refractivity contribution in [3.05, 3.63) is 12.2 Å². The number of hydrogen-bond donors (Lipinski definition) is 1. The number of halogens is 2. The number of carbonyl (C=O) groups is 1. The highest BCUT2D eigenvalue weighted by atomic mass is 32.2. The first kappa shape index (κ1) is 16.4. The molecule has 4 aliphatic carbocycles. The summed E-state index contributed by atoms with van der Waals surface area (Å²) in [6, 6.07) is 0. The first-order valence-electron chi connectivity index (χ1n) is 8.35. The van der Waals surface area contributed by atoms with Gasteiger partial charge in [-0.15, -0.1) is 0 Å². The molecule has 0 amide bonds. The molecule has 0 radical (unpaired) electrons. The number of esters is 1. The number of alkyl halides is 2. The Balaban J connectivity index is 1.47. The van der Waals surface area contributed by atoms with Gasteiger partial charge in [0.15, 0.2) is 6.10 Å². The lowest BCUT2D eigenvalue weighted by Crippen LogP contribution is -2.44. The molecular weight excluding hydrogens is 342 g/mol. The van der Waals surface area contributed by atoms with E-state index in [-0.39, 0.29) is 5.92 Å². The third-order valence-electron chi connectivity index (χ3n) is 6.68. The topological polar surface area (TPSA) is 80.7 Å². The summed E-state index contributed by atoms with van der Waals surface area (Å²) in [5, 5.41) is -4.50. The summed E-state index contributed by atoms with van der Waals surface area (Å²) < 4.78 is 62.1. The lowest BCUT2D eigenvalue weighted by atomic mass is 9.69. The van der Waals surface area contributed by atoms with Crippen LogP contribution in [-0.2, 0) is 19.6 Å². The second kappa shape index (κ2) is 5.00. The minimum Gasteiger partial charge on any atom is -0.455 e. The van der Waals surface area contributed by atoms with Crippen molar-refractivity contribution in [2.24, 2.45) is 41.4 Å². The van der Waals surface area contributed by atoms with E-state index >= 15 is 0 Å². The zero-order chi connectivity index (χ0) is 17.4. The fourth-order valence-corrected chi connectivity index (χ4v) is 6.29. The number of rotatable bonds is 4. The van der Waals surface area contributed by atoms with Gasteiger partial charge in [-0.05, 0) is 61.7 Å². The quantitative estimate of drug-likeness (QED) is 0.360. The van der Waals surface area contributed by atoms with Crippen molar-refractivity contribution >= 4 is 16.1 Å². The van der Waals surface area contributed by atoms with Gasteiger partial charge in [0.1, 0.15) is 0 Å². The van der Waals surface area contributed by atoms with Crippen molar-refractivity contribution in [3.63, 3.8) is 0 Å². The number of hydrogen-bond acceptors (Lipinski definition) is 4. The molecule has 1 N–H and O–H groups in total. The minimum absolute atomic E-state index is 0.138. The van der Waals surface area contributed by atoms with Crippen LogP contribution in [0.25, 0.3) is 0 Å². The Labute approximate surface area is 139 Å². The highest BCUT2D eigenvalue weighted by Gasteiger charge is 2.63. The fourth-order valence-electron chi connectivity index (χ4n) is 5.83. The summed E-state index contributed by atoms with van der Waals surface area (Å²) in [5.41, 5.74) is 0. The van der Waals surface area contributed by atoms with E-state index in [0.29, 0.717) is 36.0 Å². The Bertz CT molecular complexity index is 703. The Morgan fingerprint density at radius 1 is 1.21 bits per heavy atom. The fraction of sp³-hybridized carbons (Fsp3) is 0.812. The van der Waals surface area contributed by atoms with Crippen molar-refractivity contribution in [1.29, 1.82) is 0 Å². The molecule has 24 heavy (non-hydrogen) atoms. The van der Waals surface area contributed by atoms with Crippen LogP contribution < -0.4 is 0 Å². The molecular formula is C16H20F2O5S. The van der Waals surface area contributed by atoms with Crippen LogP contribution in [0.5, 0.6) is 0 Å². The third-order valence-corrected chi connectivity index (χ3v) is 7.70. The van der Waals surface area contributed by atoms with Crippen LogP contribution in [0.3, 0.4) is 0 Å². The van der Waals surface area contributed by atoms with E-state index in [9.17, 15) is 22.0 Å². The largest absolute Gasteiger partial charge is 0.455 e. The van der Waals surface area contributed by atoms with E-state index in [4.69, 9.17) is 9.29 Å². The summed E-state index contributed by atoms with van der Waals surface area (Å²) in [6.45, 7) is 0.794. The van der Waals surface area contributed by atoms with Crippen LogP contribution >= 0.6 is 0 Å². The Morgan fingerprint density at radius 3 is 2.46 bits per heavy atom. The predicted octanol–water partition coefficient (Wildman–Crippen LogP) is 2.49. The SMILES string of the molecule is CC(OC(=O)C1CC2CC1C1C3C=CC(C3)C21)C(F)(F)S(=O)(=O)O. The van der Waals surface area contributed by atoms with Gasteiger partial charge in [-0.1, -0.05) is 12.2 Å². The van der Waals surface area contributed by atoms with Crippen LogP contribution in [0, 0.1) is 41.4 Å². The monoisotopic (exact) mass is 362 g/mol.